The average molecular weight is 206 g/mol. The molecule has 0 amide bonds. The number of rotatable bonds is 4. The molecule has 0 atom stereocenters. The summed E-state index contributed by atoms with van der Waals surface area (Å²) in [6.07, 6.45) is 4.28. The van der Waals surface area contributed by atoms with Crippen LogP contribution in [0.25, 0.3) is 0 Å². The molecule has 0 unspecified atom stereocenters. The zero-order chi connectivity index (χ0) is 10.8. The summed E-state index contributed by atoms with van der Waals surface area (Å²) in [5.74, 6) is 1.97. The Labute approximate surface area is 90.5 Å². The third kappa shape index (κ3) is 2.58. The molecule has 0 radical (unpaired) electrons. The van der Waals surface area contributed by atoms with Crippen LogP contribution < -0.4 is 10.6 Å². The Bertz CT molecular complexity index is 333. The van der Waals surface area contributed by atoms with Gasteiger partial charge in [-0.15, -0.1) is 0 Å². The van der Waals surface area contributed by atoms with Crippen LogP contribution in [0.5, 0.6) is 0 Å². The van der Waals surface area contributed by atoms with Crippen molar-refractivity contribution < 1.29 is 0 Å². The van der Waals surface area contributed by atoms with Gasteiger partial charge < -0.3 is 10.6 Å². The quantitative estimate of drug-likeness (QED) is 0.814. The molecule has 1 aliphatic carbocycles. The van der Waals surface area contributed by atoms with Crippen LogP contribution in [0.2, 0.25) is 0 Å². The van der Waals surface area contributed by atoms with Crippen LogP contribution in [0.4, 0.5) is 11.8 Å². The van der Waals surface area contributed by atoms with Gasteiger partial charge >= 0.3 is 0 Å². The number of nitrogen functional groups attached to an aromatic ring is 1. The van der Waals surface area contributed by atoms with Gasteiger partial charge in [0.15, 0.2) is 0 Å². The zero-order valence-electron chi connectivity index (χ0n) is 9.35. The summed E-state index contributed by atoms with van der Waals surface area (Å²) in [5, 5.41) is 0. The molecule has 1 fully saturated rings. The minimum Gasteiger partial charge on any atom is -0.368 e. The van der Waals surface area contributed by atoms with Crippen LogP contribution in [0.15, 0.2) is 12.3 Å². The van der Waals surface area contributed by atoms with E-state index in [0.717, 1.165) is 12.4 Å². The fourth-order valence-corrected chi connectivity index (χ4v) is 1.73. The lowest BCUT2D eigenvalue weighted by molar-refractivity contribution is 0.602. The van der Waals surface area contributed by atoms with Gasteiger partial charge in [-0.2, -0.15) is 4.98 Å². The van der Waals surface area contributed by atoms with E-state index >= 15 is 0 Å². The number of aromatic nitrogens is 2. The van der Waals surface area contributed by atoms with Gasteiger partial charge in [-0.05, 0) is 24.8 Å². The van der Waals surface area contributed by atoms with Crippen molar-refractivity contribution in [3.05, 3.63) is 12.3 Å². The van der Waals surface area contributed by atoms with Gasteiger partial charge in [-0.1, -0.05) is 13.8 Å². The second kappa shape index (κ2) is 4.04. The first-order chi connectivity index (χ1) is 7.16. The second-order valence-electron chi connectivity index (χ2n) is 4.55. The van der Waals surface area contributed by atoms with E-state index < -0.39 is 0 Å². The third-order valence-corrected chi connectivity index (χ3v) is 2.50. The Morgan fingerprint density at radius 2 is 2.27 bits per heavy atom. The predicted octanol–water partition coefficient (Wildman–Crippen LogP) is 1.68. The smallest absolute Gasteiger partial charge is 0.221 e. The zero-order valence-corrected chi connectivity index (χ0v) is 9.35. The Morgan fingerprint density at radius 3 is 2.80 bits per heavy atom. The van der Waals surface area contributed by atoms with E-state index in [0.29, 0.717) is 17.9 Å². The highest BCUT2D eigenvalue weighted by Crippen LogP contribution is 2.31. The summed E-state index contributed by atoms with van der Waals surface area (Å²) >= 11 is 0. The van der Waals surface area contributed by atoms with Crippen molar-refractivity contribution in [1.29, 1.82) is 0 Å². The molecule has 4 nitrogen and oxygen atoms in total. The number of nitrogens with two attached hydrogens (primary N) is 1. The maximum atomic E-state index is 5.60. The van der Waals surface area contributed by atoms with Crippen molar-refractivity contribution in [3.63, 3.8) is 0 Å². The molecule has 1 heterocycles. The first kappa shape index (κ1) is 10.2. The molecule has 1 aromatic rings. The van der Waals surface area contributed by atoms with Gasteiger partial charge in [-0.25, -0.2) is 4.98 Å². The molecule has 1 aromatic heterocycles. The van der Waals surface area contributed by atoms with E-state index in [1.807, 2.05) is 6.07 Å². The summed E-state index contributed by atoms with van der Waals surface area (Å²) in [5.41, 5.74) is 5.60. The molecule has 2 rings (SSSR count). The Hall–Kier alpha value is -1.32. The van der Waals surface area contributed by atoms with Crippen molar-refractivity contribution in [2.75, 3.05) is 17.2 Å². The van der Waals surface area contributed by atoms with Gasteiger partial charge in [0.05, 0.1) is 0 Å². The number of nitrogens with zero attached hydrogens (tertiary/aromatic N) is 3. The van der Waals surface area contributed by atoms with Crippen molar-refractivity contribution in [2.45, 2.75) is 32.7 Å². The molecule has 0 spiro atoms. The molecule has 2 N–H and O–H groups in total. The van der Waals surface area contributed by atoms with Gasteiger partial charge in [0.25, 0.3) is 0 Å². The number of hydrogen-bond acceptors (Lipinski definition) is 4. The van der Waals surface area contributed by atoms with E-state index in [2.05, 4.69) is 28.7 Å². The SMILES string of the molecule is CC(C)CN(c1ccnc(N)n1)C1CC1. The monoisotopic (exact) mass is 206 g/mol. The van der Waals surface area contributed by atoms with Crippen LogP contribution in [-0.4, -0.2) is 22.6 Å². The lowest BCUT2D eigenvalue weighted by atomic mass is 10.2. The minimum atomic E-state index is 0.363. The highest BCUT2D eigenvalue weighted by molar-refractivity contribution is 5.43. The molecule has 0 aromatic carbocycles. The van der Waals surface area contributed by atoms with Crippen LogP contribution >= 0.6 is 0 Å². The summed E-state index contributed by atoms with van der Waals surface area (Å²) < 4.78 is 0. The molecule has 15 heavy (non-hydrogen) atoms. The van der Waals surface area contributed by atoms with E-state index in [4.69, 9.17) is 5.73 Å². The highest BCUT2D eigenvalue weighted by Gasteiger charge is 2.30. The highest BCUT2D eigenvalue weighted by atomic mass is 15.2. The Kier molecular flexibility index (Phi) is 2.75. The molecule has 1 saturated carbocycles. The van der Waals surface area contributed by atoms with E-state index in [1.165, 1.54) is 12.8 Å². The van der Waals surface area contributed by atoms with Gasteiger partial charge in [-0.3, -0.25) is 0 Å². The van der Waals surface area contributed by atoms with Crippen molar-refractivity contribution in [2.24, 2.45) is 5.92 Å². The largest absolute Gasteiger partial charge is 0.368 e. The average Bonchev–Trinajstić information content (AvgIpc) is 2.97. The van der Waals surface area contributed by atoms with E-state index in [9.17, 15) is 0 Å². The van der Waals surface area contributed by atoms with Gasteiger partial charge in [0.1, 0.15) is 5.82 Å². The second-order valence-corrected chi connectivity index (χ2v) is 4.55. The van der Waals surface area contributed by atoms with Gasteiger partial charge in [0.2, 0.25) is 5.95 Å². The number of hydrogen-bond donors (Lipinski definition) is 1. The maximum absolute atomic E-state index is 5.60. The lowest BCUT2D eigenvalue weighted by Crippen LogP contribution is -2.30. The first-order valence-corrected chi connectivity index (χ1v) is 5.52. The first-order valence-electron chi connectivity index (χ1n) is 5.52. The van der Waals surface area contributed by atoms with E-state index in [1.54, 1.807) is 6.20 Å². The van der Waals surface area contributed by atoms with Gasteiger partial charge in [0, 0.05) is 18.8 Å². The molecule has 0 aliphatic heterocycles. The normalized spacial score (nSPS) is 15.7. The molecule has 0 saturated heterocycles. The summed E-state index contributed by atoms with van der Waals surface area (Å²) in [4.78, 5) is 10.6. The molecular formula is C11H18N4. The predicted molar refractivity (Wildman–Crippen MR) is 61.7 cm³/mol. The summed E-state index contributed by atoms with van der Waals surface area (Å²) in [7, 11) is 0. The lowest BCUT2D eigenvalue weighted by Gasteiger charge is -2.25. The Balaban J connectivity index is 2.16. The standard InChI is InChI=1S/C11H18N4/c1-8(2)7-15(9-3-4-9)10-5-6-13-11(12)14-10/h5-6,8-9H,3-4,7H2,1-2H3,(H2,12,13,14). The Morgan fingerprint density at radius 1 is 1.53 bits per heavy atom. The maximum Gasteiger partial charge on any atom is 0.221 e. The van der Waals surface area contributed by atoms with Crippen molar-refractivity contribution in [3.8, 4) is 0 Å². The third-order valence-electron chi connectivity index (χ3n) is 2.50. The van der Waals surface area contributed by atoms with Crippen molar-refractivity contribution >= 4 is 11.8 Å². The van der Waals surface area contributed by atoms with Crippen LogP contribution in [-0.2, 0) is 0 Å². The van der Waals surface area contributed by atoms with Crippen LogP contribution in [0.3, 0.4) is 0 Å². The van der Waals surface area contributed by atoms with Crippen molar-refractivity contribution in [1.82, 2.24) is 9.97 Å². The van der Waals surface area contributed by atoms with E-state index in [-0.39, 0.29) is 0 Å². The molecule has 82 valence electrons. The van der Waals surface area contributed by atoms with Crippen LogP contribution in [0, 0.1) is 5.92 Å². The fraction of sp³-hybridized carbons (Fsp3) is 0.636. The minimum absolute atomic E-state index is 0.363. The summed E-state index contributed by atoms with van der Waals surface area (Å²) in [6.45, 7) is 5.49. The topological polar surface area (TPSA) is 55.0 Å². The molecule has 0 bridgehead atoms. The fourth-order valence-electron chi connectivity index (χ4n) is 1.73. The molecule has 4 heteroatoms. The number of anilines is 2. The summed E-state index contributed by atoms with van der Waals surface area (Å²) in [6, 6.07) is 2.61. The van der Waals surface area contributed by atoms with Crippen LogP contribution in [0.1, 0.15) is 26.7 Å². The molecular weight excluding hydrogens is 188 g/mol. The molecule has 1 aliphatic rings.